The number of hydrogen-bond donors (Lipinski definition) is 3. The van der Waals surface area contributed by atoms with Gasteiger partial charge in [-0.1, -0.05) is 37.5 Å². The van der Waals surface area contributed by atoms with Crippen molar-refractivity contribution in [3.63, 3.8) is 0 Å². The molecule has 3 rings (SSSR count). The van der Waals surface area contributed by atoms with Crippen LogP contribution in [0.3, 0.4) is 0 Å². The first-order valence-electron chi connectivity index (χ1n) is 12.9. The van der Waals surface area contributed by atoms with Crippen LogP contribution < -0.4 is 15.5 Å². The summed E-state index contributed by atoms with van der Waals surface area (Å²) in [6.07, 6.45) is 9.54. The molecule has 0 radical (unpaired) electrons. The zero-order valence-electron chi connectivity index (χ0n) is 20.2. The van der Waals surface area contributed by atoms with E-state index in [2.05, 4.69) is 57.7 Å². The molecule has 1 saturated heterocycles. The Morgan fingerprint density at radius 3 is 2.44 bits per heavy atom. The highest BCUT2D eigenvalue weighted by Gasteiger charge is 2.31. The van der Waals surface area contributed by atoms with E-state index in [-0.39, 0.29) is 12.0 Å². The largest absolute Gasteiger partial charge is 0.396 e. The number of anilines is 1. The number of rotatable bonds is 11. The Labute approximate surface area is 195 Å². The minimum Gasteiger partial charge on any atom is -0.396 e. The molecule has 6 heteroatoms. The molecule has 0 bridgehead atoms. The molecule has 0 atom stereocenters. The predicted octanol–water partition coefficient (Wildman–Crippen LogP) is 3.48. The van der Waals surface area contributed by atoms with E-state index in [0.29, 0.717) is 0 Å². The standard InChI is InChI=1S/C26H45N5O/c1-2-27-25(29-23-26(15-22-32)13-7-4-8-14-26)28-16-9-10-17-30-18-20-31(21-19-30)24-11-5-3-6-12-24/h3,5-6,11-12,32H,2,4,7-10,13-23H2,1H3,(H2,27,28,29). The van der Waals surface area contributed by atoms with E-state index in [4.69, 9.17) is 4.99 Å². The van der Waals surface area contributed by atoms with Crippen molar-refractivity contribution in [3.8, 4) is 0 Å². The predicted molar refractivity (Wildman–Crippen MR) is 136 cm³/mol. The summed E-state index contributed by atoms with van der Waals surface area (Å²) in [7, 11) is 0. The van der Waals surface area contributed by atoms with Gasteiger partial charge in [0.2, 0.25) is 0 Å². The van der Waals surface area contributed by atoms with Crippen LogP contribution in [0.2, 0.25) is 0 Å². The lowest BCUT2D eigenvalue weighted by Crippen LogP contribution is -2.46. The van der Waals surface area contributed by atoms with Crippen molar-refractivity contribution < 1.29 is 5.11 Å². The van der Waals surface area contributed by atoms with Gasteiger partial charge in [0.15, 0.2) is 5.96 Å². The summed E-state index contributed by atoms with van der Waals surface area (Å²) < 4.78 is 0. The third-order valence-corrected chi connectivity index (χ3v) is 7.16. The minimum atomic E-state index is 0.206. The number of benzene rings is 1. The van der Waals surface area contributed by atoms with E-state index in [1.54, 1.807) is 0 Å². The van der Waals surface area contributed by atoms with Crippen molar-refractivity contribution in [1.29, 1.82) is 0 Å². The Hall–Kier alpha value is -1.79. The molecule has 0 aromatic heterocycles. The molecule has 180 valence electrons. The molecule has 1 aromatic carbocycles. The Morgan fingerprint density at radius 2 is 1.75 bits per heavy atom. The Bertz CT molecular complexity index is 646. The van der Waals surface area contributed by atoms with Gasteiger partial charge in [0.1, 0.15) is 0 Å². The van der Waals surface area contributed by atoms with Gasteiger partial charge in [-0.05, 0) is 63.1 Å². The van der Waals surface area contributed by atoms with Crippen LogP contribution in [0.1, 0.15) is 58.3 Å². The zero-order valence-corrected chi connectivity index (χ0v) is 20.2. The van der Waals surface area contributed by atoms with Crippen molar-refractivity contribution in [2.45, 2.75) is 58.3 Å². The Kier molecular flexibility index (Phi) is 10.6. The van der Waals surface area contributed by atoms with Gasteiger partial charge in [-0.25, -0.2) is 0 Å². The number of para-hydroxylation sites is 1. The van der Waals surface area contributed by atoms with Gasteiger partial charge < -0.3 is 20.6 Å². The van der Waals surface area contributed by atoms with Crippen molar-refractivity contribution in [3.05, 3.63) is 30.3 Å². The smallest absolute Gasteiger partial charge is 0.191 e. The molecule has 0 amide bonds. The molecule has 1 aliphatic carbocycles. The fourth-order valence-electron chi connectivity index (χ4n) is 5.15. The molecule has 1 heterocycles. The summed E-state index contributed by atoms with van der Waals surface area (Å²) in [5.74, 6) is 0.937. The first kappa shape index (κ1) is 24.8. The van der Waals surface area contributed by atoms with Gasteiger partial charge in [0, 0.05) is 58.1 Å². The average molecular weight is 444 g/mol. The molecule has 0 spiro atoms. The van der Waals surface area contributed by atoms with E-state index < -0.39 is 0 Å². The van der Waals surface area contributed by atoms with Crippen LogP contribution in [0.5, 0.6) is 0 Å². The van der Waals surface area contributed by atoms with Crippen LogP contribution >= 0.6 is 0 Å². The zero-order chi connectivity index (χ0) is 22.5. The molecule has 32 heavy (non-hydrogen) atoms. The second kappa shape index (κ2) is 13.7. The number of hydrogen-bond acceptors (Lipinski definition) is 4. The highest BCUT2D eigenvalue weighted by atomic mass is 16.3. The Balaban J connectivity index is 1.33. The molecule has 2 fully saturated rings. The number of aliphatic hydroxyl groups excluding tert-OH is 1. The van der Waals surface area contributed by atoms with Gasteiger partial charge in [0.25, 0.3) is 0 Å². The van der Waals surface area contributed by atoms with E-state index in [0.717, 1.165) is 64.6 Å². The summed E-state index contributed by atoms with van der Waals surface area (Å²) in [6.45, 7) is 10.8. The summed E-state index contributed by atoms with van der Waals surface area (Å²) >= 11 is 0. The van der Waals surface area contributed by atoms with Gasteiger partial charge in [0.05, 0.1) is 0 Å². The third-order valence-electron chi connectivity index (χ3n) is 7.16. The highest BCUT2D eigenvalue weighted by Crippen LogP contribution is 2.39. The van der Waals surface area contributed by atoms with Crippen LogP contribution in [-0.4, -0.2) is 74.9 Å². The van der Waals surface area contributed by atoms with E-state index in [9.17, 15) is 5.11 Å². The quantitative estimate of drug-likeness (QED) is 0.278. The van der Waals surface area contributed by atoms with Crippen LogP contribution in [-0.2, 0) is 0 Å². The molecule has 1 aromatic rings. The van der Waals surface area contributed by atoms with Crippen molar-refractivity contribution in [2.24, 2.45) is 10.4 Å². The van der Waals surface area contributed by atoms with Crippen LogP contribution in [0.4, 0.5) is 5.69 Å². The van der Waals surface area contributed by atoms with Gasteiger partial charge >= 0.3 is 0 Å². The summed E-state index contributed by atoms with van der Waals surface area (Å²) in [6, 6.07) is 10.8. The topological polar surface area (TPSA) is 63.1 Å². The monoisotopic (exact) mass is 443 g/mol. The molecular weight excluding hydrogens is 398 g/mol. The van der Waals surface area contributed by atoms with Gasteiger partial charge in [-0.2, -0.15) is 0 Å². The fourth-order valence-corrected chi connectivity index (χ4v) is 5.15. The van der Waals surface area contributed by atoms with Crippen LogP contribution in [0.15, 0.2) is 35.3 Å². The Morgan fingerprint density at radius 1 is 1.00 bits per heavy atom. The molecular formula is C26H45N5O. The van der Waals surface area contributed by atoms with E-state index in [1.165, 1.54) is 50.8 Å². The summed E-state index contributed by atoms with van der Waals surface area (Å²) in [4.78, 5) is 10.0. The maximum atomic E-state index is 9.55. The van der Waals surface area contributed by atoms with Crippen LogP contribution in [0, 0.1) is 5.41 Å². The number of piperazine rings is 1. The number of unbranched alkanes of at least 4 members (excludes halogenated alkanes) is 1. The summed E-state index contributed by atoms with van der Waals surface area (Å²) in [5.41, 5.74) is 1.55. The number of nitrogens with zero attached hydrogens (tertiary/aromatic N) is 3. The number of guanidine groups is 1. The number of aliphatic imine (C=N–C) groups is 1. The first-order valence-corrected chi connectivity index (χ1v) is 12.9. The van der Waals surface area contributed by atoms with Crippen molar-refractivity contribution in [2.75, 3.05) is 63.9 Å². The lowest BCUT2D eigenvalue weighted by atomic mass is 9.72. The summed E-state index contributed by atoms with van der Waals surface area (Å²) in [5, 5.41) is 16.5. The second-order valence-corrected chi connectivity index (χ2v) is 9.53. The fraction of sp³-hybridized carbons (Fsp3) is 0.731. The second-order valence-electron chi connectivity index (χ2n) is 9.53. The lowest BCUT2D eigenvalue weighted by Gasteiger charge is -2.36. The normalized spacial score (nSPS) is 19.7. The van der Waals surface area contributed by atoms with E-state index >= 15 is 0 Å². The first-order chi connectivity index (χ1) is 15.7. The minimum absolute atomic E-state index is 0.206. The third kappa shape index (κ3) is 7.96. The molecule has 2 aliphatic rings. The molecule has 0 unspecified atom stereocenters. The van der Waals surface area contributed by atoms with Crippen LogP contribution in [0.25, 0.3) is 0 Å². The van der Waals surface area contributed by atoms with Gasteiger partial charge in [-0.15, -0.1) is 0 Å². The maximum absolute atomic E-state index is 9.55. The van der Waals surface area contributed by atoms with Crippen molar-refractivity contribution >= 4 is 11.6 Å². The number of aliphatic hydroxyl groups is 1. The van der Waals surface area contributed by atoms with Crippen molar-refractivity contribution in [1.82, 2.24) is 15.5 Å². The maximum Gasteiger partial charge on any atom is 0.191 e. The number of nitrogens with one attached hydrogen (secondary N) is 2. The average Bonchev–Trinajstić information content (AvgIpc) is 2.84. The molecule has 1 aliphatic heterocycles. The SMILES string of the molecule is CCNC(=NCC1(CCO)CCCCC1)NCCCCN1CCN(c2ccccc2)CC1. The van der Waals surface area contributed by atoms with E-state index in [1.807, 2.05) is 0 Å². The highest BCUT2D eigenvalue weighted by molar-refractivity contribution is 5.79. The molecule has 1 saturated carbocycles. The lowest BCUT2D eigenvalue weighted by molar-refractivity contribution is 0.137. The molecule has 6 nitrogen and oxygen atoms in total. The molecule has 3 N–H and O–H groups in total. The van der Waals surface area contributed by atoms with Gasteiger partial charge in [-0.3, -0.25) is 9.89 Å².